The molecule has 4 amide bonds. The van der Waals surface area contributed by atoms with Gasteiger partial charge >= 0.3 is 5.97 Å². The predicted molar refractivity (Wildman–Crippen MR) is 312 cm³/mol. The van der Waals surface area contributed by atoms with Crippen LogP contribution in [0.5, 0.6) is 0 Å². The fourth-order valence-corrected chi connectivity index (χ4v) is 15.6. The molecule has 6 aliphatic heterocycles. The highest BCUT2D eigenvalue weighted by Gasteiger charge is 2.54. The van der Waals surface area contributed by atoms with Gasteiger partial charge in [0, 0.05) is 111 Å². The Balaban J connectivity index is 0.875. The topological polar surface area (TPSA) is 197 Å². The predicted octanol–water partition coefficient (Wildman–Crippen LogP) is 6.74. The molecule has 81 heavy (non-hydrogen) atoms. The molecular formula is C62H85N11O7S. The largest absolute Gasteiger partial charge is 0.464 e. The number of rotatable bonds is 12. The van der Waals surface area contributed by atoms with Crippen LogP contribution in [-0.4, -0.2) is 167 Å². The van der Waals surface area contributed by atoms with Gasteiger partial charge in [0.05, 0.1) is 52.6 Å². The highest BCUT2D eigenvalue weighted by molar-refractivity contribution is 7.10. The summed E-state index contributed by atoms with van der Waals surface area (Å²) < 4.78 is 14.8. The van der Waals surface area contributed by atoms with Gasteiger partial charge in [-0.1, -0.05) is 46.1 Å². The molecule has 7 fully saturated rings. The molecule has 5 saturated heterocycles. The van der Waals surface area contributed by atoms with Crippen molar-refractivity contribution in [3.8, 4) is 22.5 Å². The number of hydrazine groups is 1. The fraction of sp³-hybridized carbons (Fsp3) is 0.661. The summed E-state index contributed by atoms with van der Waals surface area (Å²) >= 11 is 1.45. The average molecular weight is 1130 g/mol. The number of nitrogens with one attached hydrogen (secondary N) is 3. The highest BCUT2D eigenvalue weighted by Crippen LogP contribution is 2.45. The van der Waals surface area contributed by atoms with Crippen LogP contribution in [0.25, 0.3) is 33.4 Å². The Morgan fingerprint density at radius 3 is 2.56 bits per heavy atom. The van der Waals surface area contributed by atoms with E-state index >= 15 is 9.59 Å². The number of carbonyl (C=O) groups excluding carboxylic acids is 5. The first-order valence-corrected chi connectivity index (χ1v) is 31.4. The van der Waals surface area contributed by atoms with E-state index in [1.165, 1.54) is 42.2 Å². The summed E-state index contributed by atoms with van der Waals surface area (Å²) in [7, 11) is 3.46. The van der Waals surface area contributed by atoms with Crippen molar-refractivity contribution in [2.24, 2.45) is 29.1 Å². The van der Waals surface area contributed by atoms with Gasteiger partial charge < -0.3 is 34.1 Å². The number of likely N-dealkylation sites (N-methyl/N-ethyl adjacent to an activating group) is 1. The molecule has 9 heterocycles. The number of piperazine rings is 1. The number of hydrogen-bond donors (Lipinski definition) is 3. The number of benzene rings is 1. The number of methoxy groups -OCH3 is 1. The van der Waals surface area contributed by atoms with Gasteiger partial charge in [-0.25, -0.2) is 10.4 Å². The van der Waals surface area contributed by atoms with Crippen molar-refractivity contribution in [1.29, 1.82) is 0 Å². The number of piperidine rings is 1. The molecule has 436 valence electrons. The van der Waals surface area contributed by atoms with Crippen molar-refractivity contribution in [2.75, 3.05) is 71.5 Å². The van der Waals surface area contributed by atoms with Crippen LogP contribution in [0, 0.1) is 29.1 Å². The molecule has 3 aromatic heterocycles. The van der Waals surface area contributed by atoms with E-state index in [0.717, 1.165) is 109 Å². The number of esters is 1. The van der Waals surface area contributed by atoms with Gasteiger partial charge in [0.15, 0.2) is 0 Å². The van der Waals surface area contributed by atoms with E-state index in [1.807, 2.05) is 23.4 Å². The van der Waals surface area contributed by atoms with Crippen molar-refractivity contribution in [1.82, 2.24) is 50.3 Å². The molecule has 18 nitrogen and oxygen atoms in total. The highest BCUT2D eigenvalue weighted by atomic mass is 32.1. The molecule has 0 spiro atoms. The van der Waals surface area contributed by atoms with Crippen molar-refractivity contribution in [3.63, 3.8) is 0 Å². The van der Waals surface area contributed by atoms with Crippen LogP contribution < -0.4 is 21.0 Å². The number of thiazole rings is 1. The molecule has 2 aliphatic carbocycles. The summed E-state index contributed by atoms with van der Waals surface area (Å²) in [5, 5.41) is 11.8. The third-order valence-electron chi connectivity index (χ3n) is 19.6. The van der Waals surface area contributed by atoms with Crippen LogP contribution in [0.1, 0.15) is 128 Å². The number of likely N-dealkylation sites (tertiary alicyclic amines) is 1. The zero-order chi connectivity index (χ0) is 56.4. The first-order valence-electron chi connectivity index (χ1n) is 30.6. The summed E-state index contributed by atoms with van der Waals surface area (Å²) in [5.74, 6) is -1.33. The third-order valence-corrected chi connectivity index (χ3v) is 20.4. The van der Waals surface area contributed by atoms with Crippen LogP contribution in [0.4, 0.5) is 5.69 Å². The van der Waals surface area contributed by atoms with Gasteiger partial charge in [-0.15, -0.1) is 11.3 Å². The van der Waals surface area contributed by atoms with E-state index in [-0.39, 0.29) is 66.7 Å². The summed E-state index contributed by atoms with van der Waals surface area (Å²) in [4.78, 5) is 91.9. The number of ether oxygens (including phenoxy) is 2. The minimum atomic E-state index is -1.07. The lowest BCUT2D eigenvalue weighted by atomic mass is 9.84. The fourth-order valence-electron chi connectivity index (χ4n) is 14.7. The standard InChI is InChI=1S/C62H85N11O7S/c1-8-72-50-21-20-40-26-43(50)45(56(72)44-27-42(30-63-52(44)37(3)79-7)70-25-24-69-22-12-11-16-41(69)32-70)29-62(4,5)35-80-61(78)47-17-13-23-73(67-47)59(76)48(28-51-64-49(40)34-81-51)65-57(74)55(39-14-9-10-15-39)68(6)58(75)46-33-71(31-36(46)2)60(77)54-53(66-54)38-18-19-38/h20-21,26-27,30,34,36-39,41,46-48,53-55,66-67H,8-19,22-25,28-29,31-33,35H2,1-7H3,(H,65,74)/t36-,37+,41-,46+,47+,48+,53-,54-,55?/m1/s1. The minimum absolute atomic E-state index is 0.0711. The maximum Gasteiger partial charge on any atom is 0.324 e. The van der Waals surface area contributed by atoms with E-state index in [2.05, 4.69) is 82.4 Å². The molecule has 19 heteroatoms. The molecule has 0 radical (unpaired) electrons. The number of anilines is 1. The second-order valence-electron chi connectivity index (χ2n) is 25.9. The van der Waals surface area contributed by atoms with Crippen LogP contribution in [0.3, 0.4) is 0 Å². The lowest BCUT2D eigenvalue weighted by Gasteiger charge is -2.45. The molecule has 6 bridgehead atoms. The minimum Gasteiger partial charge on any atom is -0.464 e. The number of fused-ring (bicyclic) bond motifs is 7. The molecular weight excluding hydrogens is 1040 g/mol. The van der Waals surface area contributed by atoms with E-state index in [9.17, 15) is 14.4 Å². The number of carbonyl (C=O) groups is 5. The number of pyridine rings is 1. The van der Waals surface area contributed by atoms with Gasteiger partial charge in [0.1, 0.15) is 24.2 Å². The van der Waals surface area contributed by atoms with Crippen molar-refractivity contribution in [3.05, 3.63) is 52.1 Å². The maximum absolute atomic E-state index is 15.1. The molecule has 1 unspecified atom stereocenters. The Bertz CT molecular complexity index is 3040. The monoisotopic (exact) mass is 1130 g/mol. The average Bonchev–Trinajstić information content (AvgIpc) is 4.41. The molecule has 1 aromatic carbocycles. The second kappa shape index (κ2) is 22.9. The van der Waals surface area contributed by atoms with Gasteiger partial charge in [0.25, 0.3) is 5.91 Å². The Hall–Kier alpha value is -5.47. The Morgan fingerprint density at radius 2 is 1.78 bits per heavy atom. The van der Waals surface area contributed by atoms with Crippen molar-refractivity contribution in [2.45, 2.75) is 167 Å². The van der Waals surface area contributed by atoms with E-state index in [4.69, 9.17) is 19.4 Å². The van der Waals surface area contributed by atoms with Crippen molar-refractivity contribution < 1.29 is 33.4 Å². The maximum atomic E-state index is 15.1. The van der Waals surface area contributed by atoms with Crippen LogP contribution in [-0.2, 0) is 52.8 Å². The number of amides is 4. The molecule has 8 aliphatic rings. The first-order chi connectivity index (χ1) is 39.1. The lowest BCUT2D eigenvalue weighted by molar-refractivity contribution is -0.155. The summed E-state index contributed by atoms with van der Waals surface area (Å²) in [5.41, 5.74) is 10.7. The second-order valence-corrected chi connectivity index (χ2v) is 26.8. The van der Waals surface area contributed by atoms with E-state index in [1.54, 1.807) is 19.1 Å². The quantitative estimate of drug-likeness (QED) is 0.0998. The summed E-state index contributed by atoms with van der Waals surface area (Å²) in [6.07, 6.45) is 13.0. The van der Waals surface area contributed by atoms with Crippen LogP contribution in [0.2, 0.25) is 0 Å². The molecule has 12 rings (SSSR count). The SMILES string of the molecule is CCn1c(-c2cc(N3CCN4CCCC[C@@H]4C3)cnc2[C@H](C)OC)c2c3cc(ccc31)-c1csc(n1)C[C@H](NC(=O)C(C1CCCC1)N(C)C(=O)[C@H]1CN(C(=O)[C@@H]3N[C@@H]3C3CC3)C[C@H]1C)C(=O)N1CCC[C@H](N1)C(=O)OCC(C)(C)C2. The molecule has 9 atom stereocenters. The summed E-state index contributed by atoms with van der Waals surface area (Å²) in [6, 6.07) is 6.83. The third kappa shape index (κ3) is 11.3. The molecule has 2 saturated carbocycles. The van der Waals surface area contributed by atoms with Gasteiger partial charge in [0.2, 0.25) is 17.7 Å². The summed E-state index contributed by atoms with van der Waals surface area (Å²) in [6.45, 7) is 16.7. The normalized spacial score (nSPS) is 28.1. The lowest BCUT2D eigenvalue weighted by Crippen LogP contribution is -2.62. The number of aryl methyl sites for hydroxylation is 1. The Morgan fingerprint density at radius 1 is 0.975 bits per heavy atom. The van der Waals surface area contributed by atoms with Gasteiger partial charge in [-0.3, -0.25) is 44.2 Å². The number of cyclic esters (lactones) is 1. The van der Waals surface area contributed by atoms with E-state index < -0.39 is 35.4 Å². The first kappa shape index (κ1) is 56.0. The Labute approximate surface area is 481 Å². The smallest absolute Gasteiger partial charge is 0.324 e. The van der Waals surface area contributed by atoms with Gasteiger partial charge in [-0.05, 0) is 120 Å². The number of nitrogens with zero attached hydrogens (tertiary/aromatic N) is 8. The van der Waals surface area contributed by atoms with Gasteiger partial charge in [-0.2, -0.15) is 0 Å². The van der Waals surface area contributed by atoms with Crippen LogP contribution >= 0.6 is 11.3 Å². The van der Waals surface area contributed by atoms with Crippen LogP contribution in [0.15, 0.2) is 35.8 Å². The van der Waals surface area contributed by atoms with E-state index in [0.29, 0.717) is 62.4 Å². The molecule has 3 N–H and O–H groups in total. The Kier molecular flexibility index (Phi) is 15.9. The number of aromatic nitrogens is 3. The molecule has 4 aromatic rings. The van der Waals surface area contributed by atoms with Crippen molar-refractivity contribution >= 4 is 57.5 Å². The zero-order valence-corrected chi connectivity index (χ0v) is 49.5. The number of hydrogen-bond acceptors (Lipinski definition) is 14. The zero-order valence-electron chi connectivity index (χ0n) is 48.7.